The molecule has 0 aliphatic carbocycles. The van der Waals surface area contributed by atoms with Gasteiger partial charge in [-0.2, -0.15) is 0 Å². The molecule has 0 fully saturated rings. The molecule has 0 saturated carbocycles. The number of benzene rings is 1. The number of thiazole rings is 1. The van der Waals surface area contributed by atoms with E-state index in [1.54, 1.807) is 12.1 Å². The molecule has 1 amide bonds. The molecule has 7 nitrogen and oxygen atoms in total. The molecule has 1 aromatic carbocycles. The van der Waals surface area contributed by atoms with Crippen molar-refractivity contribution in [1.82, 2.24) is 9.97 Å². The lowest BCUT2D eigenvalue weighted by atomic mass is 10.1. The van der Waals surface area contributed by atoms with E-state index in [4.69, 9.17) is 23.1 Å². The maximum Gasteiger partial charge on any atom is 0.240 e. The zero-order chi connectivity index (χ0) is 20.4. The van der Waals surface area contributed by atoms with Crippen LogP contribution in [0.25, 0.3) is 0 Å². The second-order valence-corrected chi connectivity index (χ2v) is 7.21. The predicted octanol–water partition coefficient (Wildman–Crippen LogP) is 3.16. The largest absolute Gasteiger partial charge is 0.382 e. The van der Waals surface area contributed by atoms with E-state index in [1.165, 1.54) is 36.4 Å². The number of nitrogen functional groups attached to an aromatic ring is 1. The first-order chi connectivity index (χ1) is 13.3. The van der Waals surface area contributed by atoms with Gasteiger partial charge in [0, 0.05) is 23.6 Å². The molecule has 1 atom stereocenters. The van der Waals surface area contributed by atoms with Gasteiger partial charge in [-0.1, -0.05) is 22.9 Å². The molecule has 10 heteroatoms. The average Bonchev–Trinajstić information content (AvgIpc) is 3.05. The standard InChI is InChI=1S/C18H15ClFN5O2S/c1-9(17(22)27)25(11-2-3-12(19)13(20)8-11)18-24-16(21)15(28-18)14(26)10-4-6-23-7-5-10/h2-9H,21H2,1H3,(H2,22,27)/t9-/m0/s1. The van der Waals surface area contributed by atoms with Crippen LogP contribution >= 0.6 is 22.9 Å². The summed E-state index contributed by atoms with van der Waals surface area (Å²) in [4.78, 5) is 34.2. The Bertz CT molecular complexity index is 1040. The van der Waals surface area contributed by atoms with Crippen molar-refractivity contribution in [2.75, 3.05) is 10.6 Å². The average molecular weight is 420 g/mol. The molecule has 2 aromatic heterocycles. The van der Waals surface area contributed by atoms with E-state index in [-0.39, 0.29) is 26.6 Å². The highest BCUT2D eigenvalue weighted by Gasteiger charge is 2.27. The number of hydrogen-bond donors (Lipinski definition) is 2. The minimum Gasteiger partial charge on any atom is -0.382 e. The van der Waals surface area contributed by atoms with Gasteiger partial charge in [0.2, 0.25) is 11.7 Å². The SMILES string of the molecule is C[C@@H](C(N)=O)N(c1ccc(Cl)c(F)c1)c1nc(N)c(C(=O)c2ccncc2)s1. The fourth-order valence-corrected chi connectivity index (χ4v) is 3.65. The summed E-state index contributed by atoms with van der Waals surface area (Å²) in [5.41, 5.74) is 12.1. The van der Waals surface area contributed by atoms with Gasteiger partial charge in [-0.05, 0) is 37.3 Å². The van der Waals surface area contributed by atoms with Crippen LogP contribution in [0.3, 0.4) is 0 Å². The number of aromatic nitrogens is 2. The van der Waals surface area contributed by atoms with Crippen molar-refractivity contribution in [2.24, 2.45) is 5.73 Å². The first-order valence-electron chi connectivity index (χ1n) is 8.04. The van der Waals surface area contributed by atoms with Gasteiger partial charge < -0.3 is 16.4 Å². The van der Waals surface area contributed by atoms with E-state index in [0.717, 1.165) is 17.4 Å². The number of amides is 1. The van der Waals surface area contributed by atoms with E-state index in [2.05, 4.69) is 9.97 Å². The molecule has 0 spiro atoms. The van der Waals surface area contributed by atoms with Gasteiger partial charge in [-0.3, -0.25) is 14.6 Å². The Hall–Kier alpha value is -3.04. The Morgan fingerprint density at radius 1 is 1.25 bits per heavy atom. The Labute approximate surface area is 168 Å². The van der Waals surface area contributed by atoms with E-state index < -0.39 is 17.8 Å². The summed E-state index contributed by atoms with van der Waals surface area (Å²) in [7, 11) is 0. The van der Waals surface area contributed by atoms with Crippen molar-refractivity contribution in [3.8, 4) is 0 Å². The predicted molar refractivity (Wildman–Crippen MR) is 106 cm³/mol. The Balaban J connectivity index is 2.07. The molecule has 0 aliphatic heterocycles. The lowest BCUT2D eigenvalue weighted by Gasteiger charge is -2.26. The van der Waals surface area contributed by atoms with Gasteiger partial charge in [0.25, 0.3) is 0 Å². The summed E-state index contributed by atoms with van der Waals surface area (Å²) < 4.78 is 14.0. The molecule has 0 bridgehead atoms. The summed E-state index contributed by atoms with van der Waals surface area (Å²) in [5, 5.41) is 0.158. The quantitative estimate of drug-likeness (QED) is 0.593. The van der Waals surface area contributed by atoms with Crippen molar-refractivity contribution >= 4 is 51.3 Å². The Kier molecular flexibility index (Phi) is 5.57. The van der Waals surface area contributed by atoms with Crippen LogP contribution < -0.4 is 16.4 Å². The third-order valence-corrected chi connectivity index (χ3v) is 5.35. The zero-order valence-corrected chi connectivity index (χ0v) is 16.2. The lowest BCUT2D eigenvalue weighted by Crippen LogP contribution is -2.40. The van der Waals surface area contributed by atoms with E-state index in [1.807, 2.05) is 0 Å². The van der Waals surface area contributed by atoms with Crippen LogP contribution in [-0.2, 0) is 4.79 Å². The van der Waals surface area contributed by atoms with Crippen LogP contribution in [0.15, 0.2) is 42.7 Å². The smallest absolute Gasteiger partial charge is 0.240 e. The first-order valence-corrected chi connectivity index (χ1v) is 9.23. The van der Waals surface area contributed by atoms with E-state index in [9.17, 15) is 14.0 Å². The number of halogens is 2. The lowest BCUT2D eigenvalue weighted by molar-refractivity contribution is -0.118. The Morgan fingerprint density at radius 2 is 1.93 bits per heavy atom. The molecule has 144 valence electrons. The Morgan fingerprint density at radius 3 is 2.54 bits per heavy atom. The van der Waals surface area contributed by atoms with Crippen LogP contribution in [0.2, 0.25) is 5.02 Å². The molecule has 0 unspecified atom stereocenters. The molecular formula is C18H15ClFN5O2S. The van der Waals surface area contributed by atoms with Crippen LogP contribution in [0.4, 0.5) is 21.0 Å². The summed E-state index contributed by atoms with van der Waals surface area (Å²) in [6, 6.07) is 6.26. The highest BCUT2D eigenvalue weighted by Crippen LogP contribution is 2.36. The van der Waals surface area contributed by atoms with Crippen molar-refractivity contribution < 1.29 is 14.0 Å². The van der Waals surface area contributed by atoms with Gasteiger partial charge in [0.05, 0.1) is 5.02 Å². The monoisotopic (exact) mass is 419 g/mol. The van der Waals surface area contributed by atoms with Gasteiger partial charge in [0.15, 0.2) is 5.13 Å². The highest BCUT2D eigenvalue weighted by molar-refractivity contribution is 7.18. The maximum atomic E-state index is 14.0. The molecule has 4 N–H and O–H groups in total. The fourth-order valence-electron chi connectivity index (χ4n) is 2.48. The van der Waals surface area contributed by atoms with Crippen LogP contribution in [0.1, 0.15) is 22.2 Å². The van der Waals surface area contributed by atoms with Crippen LogP contribution in [0, 0.1) is 5.82 Å². The number of rotatable bonds is 6. The number of nitrogens with zero attached hydrogens (tertiary/aromatic N) is 3. The molecule has 28 heavy (non-hydrogen) atoms. The third-order valence-electron chi connectivity index (χ3n) is 3.98. The van der Waals surface area contributed by atoms with E-state index >= 15 is 0 Å². The van der Waals surface area contributed by atoms with E-state index in [0.29, 0.717) is 11.3 Å². The second kappa shape index (κ2) is 7.91. The number of anilines is 3. The normalized spacial score (nSPS) is 11.8. The van der Waals surface area contributed by atoms with Crippen molar-refractivity contribution in [3.63, 3.8) is 0 Å². The van der Waals surface area contributed by atoms with Crippen LogP contribution in [-0.4, -0.2) is 27.7 Å². The number of primary amides is 1. The zero-order valence-electron chi connectivity index (χ0n) is 14.6. The number of nitrogens with two attached hydrogens (primary N) is 2. The summed E-state index contributed by atoms with van der Waals surface area (Å²) in [6.07, 6.45) is 2.98. The topological polar surface area (TPSA) is 115 Å². The summed E-state index contributed by atoms with van der Waals surface area (Å²) >= 11 is 6.72. The van der Waals surface area contributed by atoms with Crippen molar-refractivity contribution in [1.29, 1.82) is 0 Å². The summed E-state index contributed by atoms with van der Waals surface area (Å²) in [6.45, 7) is 1.54. The molecule has 3 aromatic rings. The number of pyridine rings is 1. The number of carbonyl (C=O) groups is 2. The fraction of sp³-hybridized carbons (Fsp3) is 0.111. The highest BCUT2D eigenvalue weighted by atomic mass is 35.5. The molecule has 2 heterocycles. The second-order valence-electron chi connectivity index (χ2n) is 5.82. The first kappa shape index (κ1) is 19.7. The number of carbonyl (C=O) groups excluding carboxylic acids is 2. The van der Waals surface area contributed by atoms with Gasteiger partial charge in [-0.25, -0.2) is 9.37 Å². The third kappa shape index (κ3) is 3.80. The van der Waals surface area contributed by atoms with Gasteiger partial charge in [-0.15, -0.1) is 0 Å². The molecule has 0 saturated heterocycles. The van der Waals surface area contributed by atoms with Gasteiger partial charge in [0.1, 0.15) is 22.6 Å². The molecule has 3 rings (SSSR count). The van der Waals surface area contributed by atoms with Crippen LogP contribution in [0.5, 0.6) is 0 Å². The van der Waals surface area contributed by atoms with Gasteiger partial charge >= 0.3 is 0 Å². The number of hydrogen-bond acceptors (Lipinski definition) is 7. The van der Waals surface area contributed by atoms with Crippen molar-refractivity contribution in [3.05, 3.63) is 64.0 Å². The minimum atomic E-state index is -0.880. The molecular weight excluding hydrogens is 405 g/mol. The van der Waals surface area contributed by atoms with Crippen molar-refractivity contribution in [2.45, 2.75) is 13.0 Å². The minimum absolute atomic E-state index is 0.00193. The summed E-state index contributed by atoms with van der Waals surface area (Å²) in [5.74, 6) is -1.67. The number of ketones is 1. The molecule has 0 radical (unpaired) electrons. The maximum absolute atomic E-state index is 14.0. The molecule has 0 aliphatic rings.